The Kier molecular flexibility index (Phi) is 1.66. The Bertz CT molecular complexity index is 288. The van der Waals surface area contributed by atoms with E-state index in [2.05, 4.69) is 14.9 Å². The minimum absolute atomic E-state index is 0.226. The second-order valence-electron chi connectivity index (χ2n) is 2.34. The zero-order valence-electron chi connectivity index (χ0n) is 5.97. The molecule has 1 aromatic rings. The van der Waals surface area contributed by atoms with Crippen LogP contribution in [0.4, 0.5) is 10.6 Å². The standard InChI is InChI=1S/C5H6N4O2S/c10-4-1-9(5(11)6-4)3-2-12-8-7-3/h2,4,10H,1H2,(H,6,11). The number of amides is 2. The molecule has 64 valence electrons. The number of aliphatic hydroxyl groups excluding tert-OH is 1. The van der Waals surface area contributed by atoms with Crippen molar-refractivity contribution in [1.82, 2.24) is 14.9 Å². The number of nitrogens with one attached hydrogen (secondary N) is 1. The highest BCUT2D eigenvalue weighted by Crippen LogP contribution is 2.14. The molecule has 2 N–H and O–H groups in total. The number of anilines is 1. The smallest absolute Gasteiger partial charge is 0.325 e. The van der Waals surface area contributed by atoms with Gasteiger partial charge in [-0.25, -0.2) is 4.79 Å². The topological polar surface area (TPSA) is 78.4 Å². The number of β-amino-alcohol motifs (C(OH)–C–C–N with tert-alkyl or cyclic N) is 1. The molecule has 0 aliphatic carbocycles. The van der Waals surface area contributed by atoms with E-state index in [9.17, 15) is 4.79 Å². The van der Waals surface area contributed by atoms with Gasteiger partial charge in [0, 0.05) is 0 Å². The fourth-order valence-electron chi connectivity index (χ4n) is 0.997. The molecule has 1 aliphatic heterocycles. The number of hydrogen-bond donors (Lipinski definition) is 2. The van der Waals surface area contributed by atoms with Gasteiger partial charge in [-0.2, -0.15) is 0 Å². The molecular formula is C5H6N4O2S. The van der Waals surface area contributed by atoms with Crippen LogP contribution in [0.5, 0.6) is 0 Å². The highest BCUT2D eigenvalue weighted by molar-refractivity contribution is 7.03. The highest BCUT2D eigenvalue weighted by atomic mass is 32.1. The number of carbonyl (C=O) groups is 1. The highest BCUT2D eigenvalue weighted by Gasteiger charge is 2.29. The molecule has 7 heteroatoms. The Labute approximate surface area is 72.0 Å². The van der Waals surface area contributed by atoms with Crippen LogP contribution in [-0.2, 0) is 0 Å². The zero-order valence-corrected chi connectivity index (χ0v) is 6.78. The van der Waals surface area contributed by atoms with Gasteiger partial charge < -0.3 is 10.4 Å². The summed E-state index contributed by atoms with van der Waals surface area (Å²) in [5.74, 6) is 0.481. The quantitative estimate of drug-likeness (QED) is 0.613. The Morgan fingerprint density at radius 1 is 1.83 bits per heavy atom. The predicted octanol–water partition coefficient (Wildman–Crippen LogP) is -0.614. The largest absolute Gasteiger partial charge is 0.372 e. The van der Waals surface area contributed by atoms with Gasteiger partial charge in [0.1, 0.15) is 6.23 Å². The SMILES string of the molecule is O=C1NC(O)CN1c1csnn1. The van der Waals surface area contributed by atoms with Crippen molar-refractivity contribution in [2.75, 3.05) is 11.4 Å². The molecule has 2 rings (SSSR count). The fraction of sp³-hybridized carbons (Fsp3) is 0.400. The molecule has 1 unspecified atom stereocenters. The van der Waals surface area contributed by atoms with Crippen LogP contribution in [0.2, 0.25) is 0 Å². The molecule has 0 bridgehead atoms. The fourth-order valence-corrected chi connectivity index (χ4v) is 1.44. The number of aliphatic hydroxyl groups is 1. The van der Waals surface area contributed by atoms with Crippen LogP contribution in [0.1, 0.15) is 0 Å². The summed E-state index contributed by atoms with van der Waals surface area (Å²) in [4.78, 5) is 12.4. The lowest BCUT2D eigenvalue weighted by atomic mass is 10.5. The summed E-state index contributed by atoms with van der Waals surface area (Å²) < 4.78 is 3.61. The average molecular weight is 186 g/mol. The van der Waals surface area contributed by atoms with Crippen molar-refractivity contribution >= 4 is 23.4 Å². The van der Waals surface area contributed by atoms with E-state index in [1.54, 1.807) is 5.38 Å². The third-order valence-corrected chi connectivity index (χ3v) is 2.01. The maximum absolute atomic E-state index is 11.1. The third kappa shape index (κ3) is 1.12. The zero-order chi connectivity index (χ0) is 8.55. The van der Waals surface area contributed by atoms with E-state index in [1.165, 1.54) is 16.4 Å². The van der Waals surface area contributed by atoms with Crippen LogP contribution < -0.4 is 10.2 Å². The lowest BCUT2D eigenvalue weighted by Crippen LogP contribution is -2.28. The van der Waals surface area contributed by atoms with Crippen LogP contribution in [-0.4, -0.2) is 33.5 Å². The van der Waals surface area contributed by atoms with E-state index in [-0.39, 0.29) is 12.6 Å². The first-order valence-electron chi connectivity index (χ1n) is 3.30. The summed E-state index contributed by atoms with van der Waals surface area (Å²) in [6, 6.07) is -0.338. The number of rotatable bonds is 1. The van der Waals surface area contributed by atoms with Gasteiger partial charge in [-0.15, -0.1) is 5.10 Å². The lowest BCUT2D eigenvalue weighted by Gasteiger charge is -2.07. The Balaban J connectivity index is 2.21. The van der Waals surface area contributed by atoms with Gasteiger partial charge in [-0.05, 0) is 11.5 Å². The van der Waals surface area contributed by atoms with Gasteiger partial charge in [0.05, 0.1) is 11.9 Å². The van der Waals surface area contributed by atoms with Gasteiger partial charge in [0.25, 0.3) is 0 Å². The molecule has 1 saturated heterocycles. The van der Waals surface area contributed by atoms with Crippen molar-refractivity contribution in [2.45, 2.75) is 6.23 Å². The van der Waals surface area contributed by atoms with Gasteiger partial charge in [-0.1, -0.05) is 4.49 Å². The Morgan fingerprint density at radius 3 is 3.17 bits per heavy atom. The Hall–Kier alpha value is -1.21. The first kappa shape index (κ1) is 7.44. The molecule has 12 heavy (non-hydrogen) atoms. The maximum atomic E-state index is 11.1. The molecule has 1 fully saturated rings. The van der Waals surface area contributed by atoms with Gasteiger partial charge in [-0.3, -0.25) is 4.90 Å². The van der Waals surface area contributed by atoms with Gasteiger partial charge >= 0.3 is 6.03 Å². The molecule has 0 aromatic carbocycles. The van der Waals surface area contributed by atoms with E-state index in [0.717, 1.165) is 0 Å². The van der Waals surface area contributed by atoms with E-state index < -0.39 is 6.23 Å². The van der Waals surface area contributed by atoms with Crippen LogP contribution in [0.25, 0.3) is 0 Å². The monoisotopic (exact) mass is 186 g/mol. The van der Waals surface area contributed by atoms with Crippen LogP contribution in [0, 0.1) is 0 Å². The first-order chi connectivity index (χ1) is 5.77. The van der Waals surface area contributed by atoms with E-state index in [0.29, 0.717) is 5.82 Å². The number of urea groups is 1. The summed E-state index contributed by atoms with van der Waals surface area (Å²) in [6.07, 6.45) is -0.806. The molecule has 1 aromatic heterocycles. The van der Waals surface area contributed by atoms with Crippen LogP contribution in [0.3, 0.4) is 0 Å². The second-order valence-corrected chi connectivity index (χ2v) is 2.95. The lowest BCUT2D eigenvalue weighted by molar-refractivity contribution is 0.173. The summed E-state index contributed by atoms with van der Waals surface area (Å²) in [5, 5.41) is 16.7. The first-order valence-corrected chi connectivity index (χ1v) is 4.14. The molecule has 0 saturated carbocycles. The minimum atomic E-state index is -0.806. The maximum Gasteiger partial charge on any atom is 0.325 e. The summed E-state index contributed by atoms with van der Waals surface area (Å²) in [7, 11) is 0. The van der Waals surface area contributed by atoms with E-state index >= 15 is 0 Å². The van der Waals surface area contributed by atoms with Crippen molar-refractivity contribution in [3.8, 4) is 0 Å². The van der Waals surface area contributed by atoms with Gasteiger partial charge in [0.2, 0.25) is 0 Å². The van der Waals surface area contributed by atoms with Crippen molar-refractivity contribution in [3.05, 3.63) is 5.38 Å². The second kappa shape index (κ2) is 2.68. The summed E-state index contributed by atoms with van der Waals surface area (Å²) in [5.41, 5.74) is 0. The molecule has 2 heterocycles. The Morgan fingerprint density at radius 2 is 2.67 bits per heavy atom. The van der Waals surface area contributed by atoms with Crippen LogP contribution in [0.15, 0.2) is 5.38 Å². The van der Waals surface area contributed by atoms with Crippen molar-refractivity contribution in [3.63, 3.8) is 0 Å². The van der Waals surface area contributed by atoms with E-state index in [4.69, 9.17) is 5.11 Å². The number of aromatic nitrogens is 2. The predicted molar refractivity (Wildman–Crippen MR) is 41.8 cm³/mol. The molecule has 2 amide bonds. The molecule has 1 atom stereocenters. The third-order valence-electron chi connectivity index (χ3n) is 1.52. The summed E-state index contributed by atoms with van der Waals surface area (Å²) in [6.45, 7) is 0.226. The van der Waals surface area contributed by atoms with Crippen LogP contribution >= 0.6 is 11.5 Å². The molecule has 6 nitrogen and oxygen atoms in total. The van der Waals surface area contributed by atoms with Gasteiger partial charge in [0.15, 0.2) is 5.82 Å². The number of nitrogens with zero attached hydrogens (tertiary/aromatic N) is 3. The molecular weight excluding hydrogens is 180 g/mol. The van der Waals surface area contributed by atoms with Crippen molar-refractivity contribution in [2.24, 2.45) is 0 Å². The van der Waals surface area contributed by atoms with Crippen molar-refractivity contribution < 1.29 is 9.90 Å². The van der Waals surface area contributed by atoms with E-state index in [1.807, 2.05) is 0 Å². The van der Waals surface area contributed by atoms with Crippen molar-refractivity contribution in [1.29, 1.82) is 0 Å². The average Bonchev–Trinajstić information content (AvgIpc) is 2.58. The minimum Gasteiger partial charge on any atom is -0.372 e. The summed E-state index contributed by atoms with van der Waals surface area (Å²) >= 11 is 1.17. The normalized spacial score (nSPS) is 22.9. The number of hydrogen-bond acceptors (Lipinski definition) is 5. The molecule has 1 aliphatic rings. The molecule has 0 spiro atoms. The molecule has 0 radical (unpaired) electrons. The number of carbonyl (C=O) groups excluding carboxylic acids is 1.